The van der Waals surface area contributed by atoms with Gasteiger partial charge in [-0.3, -0.25) is 5.10 Å². The summed E-state index contributed by atoms with van der Waals surface area (Å²) in [6.07, 6.45) is 0. The molecule has 0 aliphatic carbocycles. The third-order valence-corrected chi connectivity index (χ3v) is 3.66. The molecule has 0 unspecified atom stereocenters. The highest BCUT2D eigenvalue weighted by Gasteiger charge is 2.18. The summed E-state index contributed by atoms with van der Waals surface area (Å²) in [4.78, 5) is 7.70. The Morgan fingerprint density at radius 2 is 1.86 bits per heavy atom. The average Bonchev–Trinajstić information content (AvgIpc) is 3.10. The second kappa shape index (κ2) is 4.73. The van der Waals surface area contributed by atoms with Crippen LogP contribution in [0.1, 0.15) is 5.56 Å². The molecule has 0 aliphatic heterocycles. The number of hydrogen-bond acceptors (Lipinski definition) is 3. The van der Waals surface area contributed by atoms with Crippen molar-refractivity contribution in [2.45, 2.75) is 6.92 Å². The zero-order valence-corrected chi connectivity index (χ0v) is 12.0. The number of aromatic amines is 2. The Kier molecular flexibility index (Phi) is 2.72. The quantitative estimate of drug-likeness (QED) is 0.527. The lowest BCUT2D eigenvalue weighted by molar-refractivity contribution is 0.479. The molecule has 2 aromatic heterocycles. The summed E-state index contributed by atoms with van der Waals surface area (Å²) < 4.78 is 0. The van der Waals surface area contributed by atoms with Crippen molar-refractivity contribution >= 4 is 11.0 Å². The van der Waals surface area contributed by atoms with Crippen LogP contribution in [0.25, 0.3) is 33.8 Å². The van der Waals surface area contributed by atoms with Crippen molar-refractivity contribution in [3.63, 3.8) is 0 Å². The average molecular weight is 290 g/mol. The van der Waals surface area contributed by atoms with Gasteiger partial charge in [0.15, 0.2) is 17.3 Å². The summed E-state index contributed by atoms with van der Waals surface area (Å²) in [6, 6.07) is 15.6. The van der Waals surface area contributed by atoms with Crippen molar-refractivity contribution in [3.8, 4) is 28.5 Å². The van der Waals surface area contributed by atoms with Gasteiger partial charge < -0.3 is 10.1 Å². The van der Waals surface area contributed by atoms with E-state index in [1.54, 1.807) is 0 Å². The molecule has 0 radical (unpaired) electrons. The van der Waals surface area contributed by atoms with Crippen LogP contribution >= 0.6 is 0 Å². The fraction of sp³-hybridized carbons (Fsp3) is 0.0588. The molecule has 4 rings (SSSR count). The Bertz CT molecular complexity index is 953. The second-order valence-corrected chi connectivity index (χ2v) is 5.27. The van der Waals surface area contributed by atoms with E-state index in [9.17, 15) is 5.11 Å². The van der Waals surface area contributed by atoms with Crippen LogP contribution in [0.4, 0.5) is 0 Å². The number of fused-ring (bicyclic) bond motifs is 1. The first-order valence-corrected chi connectivity index (χ1v) is 7.02. The zero-order chi connectivity index (χ0) is 15.1. The van der Waals surface area contributed by atoms with Crippen molar-refractivity contribution in [2.75, 3.05) is 0 Å². The van der Waals surface area contributed by atoms with Crippen LogP contribution < -0.4 is 0 Å². The smallest absolute Gasteiger partial charge is 0.172 e. The van der Waals surface area contributed by atoms with E-state index in [4.69, 9.17) is 0 Å². The molecule has 0 fully saturated rings. The maximum absolute atomic E-state index is 10.5. The Morgan fingerprint density at radius 1 is 1.05 bits per heavy atom. The second-order valence-electron chi connectivity index (χ2n) is 5.27. The third kappa shape index (κ3) is 1.95. The van der Waals surface area contributed by atoms with Crippen LogP contribution in [0.15, 0.2) is 48.5 Å². The van der Waals surface area contributed by atoms with Gasteiger partial charge in [0.25, 0.3) is 0 Å². The van der Waals surface area contributed by atoms with Crippen molar-refractivity contribution in [1.29, 1.82) is 0 Å². The number of rotatable bonds is 2. The number of benzene rings is 2. The molecular formula is C17H14N4O. The SMILES string of the molecule is Cc1ccc2nc(-c3n[nH]c(-c4ccccc4)c3O)[nH]c2c1. The van der Waals surface area contributed by atoms with E-state index in [1.165, 1.54) is 0 Å². The highest BCUT2D eigenvalue weighted by molar-refractivity contribution is 5.82. The van der Waals surface area contributed by atoms with Crippen LogP contribution in [0.2, 0.25) is 0 Å². The maximum atomic E-state index is 10.5. The van der Waals surface area contributed by atoms with Gasteiger partial charge in [-0.15, -0.1) is 0 Å². The summed E-state index contributed by atoms with van der Waals surface area (Å²) in [6.45, 7) is 2.03. The Morgan fingerprint density at radius 3 is 2.68 bits per heavy atom. The molecular weight excluding hydrogens is 276 g/mol. The number of H-pyrrole nitrogens is 2. The van der Waals surface area contributed by atoms with Crippen LogP contribution in [0, 0.1) is 6.92 Å². The molecule has 0 atom stereocenters. The molecule has 0 saturated heterocycles. The molecule has 5 heteroatoms. The predicted octanol–water partition coefficient (Wildman–Crippen LogP) is 3.63. The van der Waals surface area contributed by atoms with Gasteiger partial charge in [0.05, 0.1) is 11.0 Å². The van der Waals surface area contributed by atoms with Crippen LogP contribution in [0.5, 0.6) is 5.75 Å². The van der Waals surface area contributed by atoms with Crippen molar-refractivity contribution in [2.24, 2.45) is 0 Å². The molecule has 5 nitrogen and oxygen atoms in total. The largest absolute Gasteiger partial charge is 0.504 e. The standard InChI is InChI=1S/C17H14N4O/c1-10-7-8-12-13(9-10)19-17(18-12)15-16(22)14(20-21-15)11-5-3-2-4-6-11/h2-9,22H,1H3,(H,18,19)(H,20,21). The highest BCUT2D eigenvalue weighted by Crippen LogP contribution is 2.35. The lowest BCUT2D eigenvalue weighted by atomic mass is 10.1. The summed E-state index contributed by atoms with van der Waals surface area (Å²) in [5.41, 5.74) is 4.83. The van der Waals surface area contributed by atoms with Gasteiger partial charge in [-0.2, -0.15) is 5.10 Å². The number of nitrogens with one attached hydrogen (secondary N) is 2. The Balaban J connectivity index is 1.84. The van der Waals surface area contributed by atoms with E-state index in [0.717, 1.165) is 22.2 Å². The fourth-order valence-electron chi connectivity index (χ4n) is 2.54. The molecule has 0 aliphatic rings. The van der Waals surface area contributed by atoms with Gasteiger partial charge in [-0.05, 0) is 24.6 Å². The lowest BCUT2D eigenvalue weighted by Crippen LogP contribution is -1.80. The van der Waals surface area contributed by atoms with Crippen LogP contribution in [0.3, 0.4) is 0 Å². The van der Waals surface area contributed by atoms with Crippen LogP contribution in [-0.4, -0.2) is 25.3 Å². The zero-order valence-electron chi connectivity index (χ0n) is 12.0. The van der Waals surface area contributed by atoms with E-state index in [1.807, 2.05) is 55.5 Å². The number of nitrogens with zero attached hydrogens (tertiary/aromatic N) is 2. The number of hydrogen-bond donors (Lipinski definition) is 3. The number of aromatic hydroxyl groups is 1. The molecule has 0 amide bonds. The number of aromatic nitrogens is 4. The number of imidazole rings is 1. The highest BCUT2D eigenvalue weighted by atomic mass is 16.3. The minimum absolute atomic E-state index is 0.0991. The molecule has 4 aromatic rings. The van der Waals surface area contributed by atoms with Gasteiger partial charge in [-0.25, -0.2) is 4.98 Å². The fourth-order valence-corrected chi connectivity index (χ4v) is 2.54. The molecule has 108 valence electrons. The summed E-state index contributed by atoms with van der Waals surface area (Å²) in [5.74, 6) is 0.651. The maximum Gasteiger partial charge on any atom is 0.172 e. The Labute approximate surface area is 126 Å². The van der Waals surface area contributed by atoms with Gasteiger partial charge in [-0.1, -0.05) is 36.4 Å². The summed E-state index contributed by atoms with van der Waals surface area (Å²) in [5, 5.41) is 17.6. The van der Waals surface area contributed by atoms with E-state index < -0.39 is 0 Å². The van der Waals surface area contributed by atoms with Crippen molar-refractivity contribution in [3.05, 3.63) is 54.1 Å². The predicted molar refractivity (Wildman–Crippen MR) is 85.5 cm³/mol. The van der Waals surface area contributed by atoms with Gasteiger partial charge in [0, 0.05) is 5.56 Å². The van der Waals surface area contributed by atoms with Gasteiger partial charge in [0.2, 0.25) is 0 Å². The lowest BCUT2D eigenvalue weighted by Gasteiger charge is -1.97. The van der Waals surface area contributed by atoms with E-state index in [-0.39, 0.29) is 5.75 Å². The third-order valence-electron chi connectivity index (χ3n) is 3.66. The summed E-state index contributed by atoms with van der Waals surface area (Å²) in [7, 11) is 0. The van der Waals surface area contributed by atoms with Crippen molar-refractivity contribution < 1.29 is 5.11 Å². The molecule has 0 saturated carbocycles. The van der Waals surface area contributed by atoms with Crippen molar-refractivity contribution in [1.82, 2.24) is 20.2 Å². The van der Waals surface area contributed by atoms with E-state index in [2.05, 4.69) is 20.2 Å². The normalized spacial score (nSPS) is 11.1. The first-order valence-electron chi connectivity index (χ1n) is 7.02. The molecule has 0 spiro atoms. The minimum atomic E-state index is 0.0991. The summed E-state index contributed by atoms with van der Waals surface area (Å²) >= 11 is 0. The molecule has 2 heterocycles. The van der Waals surface area contributed by atoms with E-state index in [0.29, 0.717) is 17.2 Å². The monoisotopic (exact) mass is 290 g/mol. The first-order chi connectivity index (χ1) is 10.7. The topological polar surface area (TPSA) is 77.6 Å². The van der Waals surface area contributed by atoms with E-state index >= 15 is 0 Å². The molecule has 2 aromatic carbocycles. The Hall–Kier alpha value is -3.08. The molecule has 0 bridgehead atoms. The van der Waals surface area contributed by atoms with Gasteiger partial charge >= 0.3 is 0 Å². The molecule has 22 heavy (non-hydrogen) atoms. The number of aryl methyl sites for hydroxylation is 1. The minimum Gasteiger partial charge on any atom is -0.504 e. The molecule has 3 N–H and O–H groups in total. The van der Waals surface area contributed by atoms with Gasteiger partial charge in [0.1, 0.15) is 5.69 Å². The van der Waals surface area contributed by atoms with Crippen LogP contribution in [-0.2, 0) is 0 Å². The first kappa shape index (κ1) is 12.6.